The van der Waals surface area contributed by atoms with Crippen LogP contribution >= 0.6 is 0 Å². The molecule has 1 aliphatic rings. The number of halogens is 1. The van der Waals surface area contributed by atoms with Gasteiger partial charge in [0.2, 0.25) is 11.9 Å². The number of nitrogens with two attached hydrogens (primary N) is 1. The minimum absolute atomic E-state index is 0.0441. The maximum absolute atomic E-state index is 12.5. The van der Waals surface area contributed by atoms with Crippen molar-refractivity contribution in [3.05, 3.63) is 0 Å². The number of rotatable bonds is 3. The number of nitrogens with zero attached hydrogens (tertiary/aromatic N) is 3. The number of hydrogen-bond donors (Lipinski definition) is 2. The molecule has 1 amide bonds. The summed E-state index contributed by atoms with van der Waals surface area (Å²) in [4.78, 5) is 16.5. The van der Waals surface area contributed by atoms with Crippen molar-refractivity contribution in [1.29, 1.82) is 0 Å². The number of nitrogens with one attached hydrogen (secondary N) is 1. The van der Waals surface area contributed by atoms with Crippen LogP contribution in [0.5, 0.6) is 0 Å². The minimum atomic E-state index is -4.58. The van der Waals surface area contributed by atoms with Gasteiger partial charge < -0.3 is 5.73 Å². The molecule has 8 nitrogen and oxygen atoms in total. The summed E-state index contributed by atoms with van der Waals surface area (Å²) in [5.74, 6) is -1.48. The lowest BCUT2D eigenvalue weighted by molar-refractivity contribution is -0.117. The molecular weight excluding hydrogens is 253 g/mol. The molecule has 0 saturated carbocycles. The van der Waals surface area contributed by atoms with E-state index in [0.29, 0.717) is 0 Å². The second-order valence-electron chi connectivity index (χ2n) is 3.80. The number of nitrogen functional groups attached to an aromatic ring is 1. The highest BCUT2D eigenvalue weighted by atomic mass is 32.3. The van der Waals surface area contributed by atoms with E-state index in [1.165, 1.54) is 4.90 Å². The Kier molecular flexibility index (Phi) is 2.73. The first-order valence-electron chi connectivity index (χ1n) is 4.76. The highest BCUT2D eigenvalue weighted by molar-refractivity contribution is 7.86. The fraction of sp³-hybridized carbons (Fsp3) is 0.571. The third-order valence-corrected chi connectivity index (χ3v) is 3.24. The molecule has 2 rings (SSSR count). The maximum atomic E-state index is 12.5. The van der Waals surface area contributed by atoms with E-state index in [-0.39, 0.29) is 30.8 Å². The zero-order valence-electron chi connectivity index (χ0n) is 8.63. The van der Waals surface area contributed by atoms with Crippen LogP contribution in [-0.4, -0.2) is 41.8 Å². The van der Waals surface area contributed by atoms with E-state index in [1.54, 1.807) is 0 Å². The fourth-order valence-corrected chi connectivity index (χ4v) is 2.54. The summed E-state index contributed by atoms with van der Waals surface area (Å²) in [7, 11) is -4.58. The fourth-order valence-electron chi connectivity index (χ4n) is 1.75. The van der Waals surface area contributed by atoms with Crippen LogP contribution in [0, 0.1) is 5.92 Å². The van der Waals surface area contributed by atoms with E-state index >= 15 is 0 Å². The molecule has 10 heteroatoms. The molecule has 1 fully saturated rings. The normalized spacial score (nSPS) is 21.1. The van der Waals surface area contributed by atoms with Crippen LogP contribution in [0.15, 0.2) is 0 Å². The lowest BCUT2D eigenvalue weighted by Gasteiger charge is -2.10. The van der Waals surface area contributed by atoms with Gasteiger partial charge in [0.05, 0.1) is 5.75 Å². The molecule has 1 aromatic heterocycles. The van der Waals surface area contributed by atoms with Gasteiger partial charge in [0.15, 0.2) is 0 Å². The Bertz CT molecular complexity index is 541. The van der Waals surface area contributed by atoms with Gasteiger partial charge in [-0.05, 0) is 0 Å². The summed E-state index contributed by atoms with van der Waals surface area (Å²) in [6, 6.07) is 0. The van der Waals surface area contributed by atoms with Gasteiger partial charge >= 0.3 is 10.2 Å². The third kappa shape index (κ3) is 2.70. The first-order valence-corrected chi connectivity index (χ1v) is 6.31. The Labute approximate surface area is 96.2 Å². The minimum Gasteiger partial charge on any atom is -0.368 e. The quantitative estimate of drug-likeness (QED) is 0.677. The highest BCUT2D eigenvalue weighted by Gasteiger charge is 2.35. The van der Waals surface area contributed by atoms with Crippen LogP contribution < -0.4 is 10.6 Å². The molecule has 1 atom stereocenters. The SMILES string of the molecule is Nc1nc(N2CC(CS(=O)(=O)F)CC2=O)n[nH]1. The summed E-state index contributed by atoms with van der Waals surface area (Å²) >= 11 is 0. The number of carbonyl (C=O) groups excluding carboxylic acids is 1. The van der Waals surface area contributed by atoms with E-state index in [1.807, 2.05) is 0 Å². The van der Waals surface area contributed by atoms with Crippen molar-refractivity contribution in [3.63, 3.8) is 0 Å². The zero-order chi connectivity index (χ0) is 12.6. The summed E-state index contributed by atoms with van der Waals surface area (Å²) < 4.78 is 33.5. The van der Waals surface area contributed by atoms with Crippen LogP contribution in [0.3, 0.4) is 0 Å². The largest absolute Gasteiger partial charge is 0.368 e. The van der Waals surface area contributed by atoms with Crippen molar-refractivity contribution in [3.8, 4) is 0 Å². The summed E-state index contributed by atoms with van der Waals surface area (Å²) in [6.07, 6.45) is -0.0441. The average Bonchev–Trinajstić information content (AvgIpc) is 2.70. The van der Waals surface area contributed by atoms with E-state index in [2.05, 4.69) is 15.2 Å². The van der Waals surface area contributed by atoms with Gasteiger partial charge in [0.1, 0.15) is 0 Å². The monoisotopic (exact) mass is 263 g/mol. The lowest BCUT2D eigenvalue weighted by Crippen LogP contribution is -2.26. The number of H-pyrrole nitrogens is 1. The second kappa shape index (κ2) is 3.95. The van der Waals surface area contributed by atoms with E-state index in [4.69, 9.17) is 5.73 Å². The number of amides is 1. The van der Waals surface area contributed by atoms with Gasteiger partial charge in [-0.15, -0.1) is 8.98 Å². The maximum Gasteiger partial charge on any atom is 0.302 e. The number of hydrogen-bond acceptors (Lipinski definition) is 6. The average molecular weight is 263 g/mol. The molecule has 1 unspecified atom stereocenters. The Morgan fingerprint density at radius 1 is 1.59 bits per heavy atom. The van der Waals surface area contributed by atoms with E-state index < -0.39 is 21.9 Å². The van der Waals surface area contributed by atoms with E-state index in [9.17, 15) is 17.1 Å². The van der Waals surface area contributed by atoms with Gasteiger partial charge in [-0.3, -0.25) is 9.69 Å². The van der Waals surface area contributed by atoms with Gasteiger partial charge in [-0.25, -0.2) is 5.10 Å². The van der Waals surface area contributed by atoms with Crippen molar-refractivity contribution < 1.29 is 17.1 Å². The van der Waals surface area contributed by atoms with Crippen molar-refractivity contribution in [1.82, 2.24) is 15.2 Å². The number of anilines is 2. The van der Waals surface area contributed by atoms with Crippen molar-refractivity contribution in [2.45, 2.75) is 6.42 Å². The second-order valence-corrected chi connectivity index (χ2v) is 5.21. The molecule has 0 aromatic carbocycles. The molecule has 0 aliphatic carbocycles. The van der Waals surface area contributed by atoms with Crippen LogP contribution in [0.2, 0.25) is 0 Å². The molecule has 0 radical (unpaired) electrons. The van der Waals surface area contributed by atoms with Gasteiger partial charge in [0.25, 0.3) is 5.95 Å². The summed E-state index contributed by atoms with van der Waals surface area (Å²) in [6.45, 7) is 0.0687. The number of aromatic nitrogens is 3. The van der Waals surface area contributed by atoms with Crippen LogP contribution in [-0.2, 0) is 15.0 Å². The Balaban J connectivity index is 2.10. The van der Waals surface area contributed by atoms with Crippen LogP contribution in [0.1, 0.15) is 6.42 Å². The predicted molar refractivity (Wildman–Crippen MR) is 56.1 cm³/mol. The molecule has 17 heavy (non-hydrogen) atoms. The lowest BCUT2D eigenvalue weighted by atomic mass is 10.1. The first-order chi connectivity index (χ1) is 7.85. The highest BCUT2D eigenvalue weighted by Crippen LogP contribution is 2.23. The van der Waals surface area contributed by atoms with Crippen molar-refractivity contribution >= 4 is 28.0 Å². The molecule has 1 aliphatic heterocycles. The molecule has 0 bridgehead atoms. The Hall–Kier alpha value is -1.71. The summed E-state index contributed by atoms with van der Waals surface area (Å²) in [5, 5.41) is 6.04. The number of carbonyl (C=O) groups is 1. The van der Waals surface area contributed by atoms with Crippen LogP contribution in [0.25, 0.3) is 0 Å². The van der Waals surface area contributed by atoms with E-state index in [0.717, 1.165) is 0 Å². The summed E-state index contributed by atoms with van der Waals surface area (Å²) in [5.41, 5.74) is 5.31. The zero-order valence-corrected chi connectivity index (χ0v) is 9.45. The van der Waals surface area contributed by atoms with Gasteiger partial charge in [0, 0.05) is 18.9 Å². The van der Waals surface area contributed by atoms with Gasteiger partial charge in [-0.2, -0.15) is 13.4 Å². The van der Waals surface area contributed by atoms with Crippen LogP contribution in [0.4, 0.5) is 15.8 Å². The van der Waals surface area contributed by atoms with Crippen molar-refractivity contribution in [2.75, 3.05) is 22.9 Å². The smallest absolute Gasteiger partial charge is 0.302 e. The predicted octanol–water partition coefficient (Wildman–Crippen LogP) is -0.961. The van der Waals surface area contributed by atoms with Crippen molar-refractivity contribution in [2.24, 2.45) is 5.92 Å². The number of aromatic amines is 1. The van der Waals surface area contributed by atoms with Gasteiger partial charge in [-0.1, -0.05) is 0 Å². The molecule has 1 saturated heterocycles. The molecule has 3 N–H and O–H groups in total. The molecule has 94 valence electrons. The third-order valence-electron chi connectivity index (χ3n) is 2.37. The Morgan fingerprint density at radius 2 is 2.29 bits per heavy atom. The molecule has 1 aromatic rings. The molecular formula is C7H10FN5O3S. The standard InChI is InChI=1S/C7H10FN5O3S/c8-17(15,16)3-4-1-5(14)13(2-4)7-10-6(9)11-12-7/h4H,1-3H2,(H3,9,10,11,12). The first kappa shape index (κ1) is 11.8. The molecule has 2 heterocycles. The topological polar surface area (TPSA) is 122 Å². The Morgan fingerprint density at radius 3 is 2.82 bits per heavy atom. The molecule has 0 spiro atoms.